The largest absolute Gasteiger partial charge is 0.370 e. The average Bonchev–Trinajstić information content (AvgIpc) is 3.61. The number of benzene rings is 2. The van der Waals surface area contributed by atoms with Crippen molar-refractivity contribution in [1.29, 1.82) is 0 Å². The van der Waals surface area contributed by atoms with Crippen LogP contribution < -0.4 is 39.7 Å². The lowest BCUT2D eigenvalue weighted by Crippen LogP contribution is -2.46. The Kier molecular flexibility index (Phi) is 17.0. The number of nitrogens with two attached hydrogens (primary N) is 6. The number of ketones is 2. The van der Waals surface area contributed by atoms with Crippen molar-refractivity contribution in [2.45, 2.75) is 89.1 Å². The van der Waals surface area contributed by atoms with Gasteiger partial charge in [-0.3, -0.25) is 34.0 Å². The highest BCUT2D eigenvalue weighted by Gasteiger charge is 2.36. The van der Waals surface area contributed by atoms with Gasteiger partial charge in [-0.1, -0.05) is 48.9 Å². The van der Waals surface area contributed by atoms with Crippen LogP contribution in [0.4, 0.5) is 0 Å². The van der Waals surface area contributed by atoms with Crippen LogP contribution in [-0.2, 0) is 30.4 Å². The summed E-state index contributed by atoms with van der Waals surface area (Å²) in [6.07, 6.45) is 3.95. The number of aliphatic imine (C=N–C) groups is 2. The normalized spacial score (nSPS) is 15.7. The highest BCUT2D eigenvalue weighted by atomic mass is 16.2. The van der Waals surface area contributed by atoms with Gasteiger partial charge in [0, 0.05) is 44.3 Å². The van der Waals surface area contributed by atoms with Gasteiger partial charge in [0.05, 0.1) is 18.5 Å². The van der Waals surface area contributed by atoms with E-state index in [1.54, 1.807) is 4.90 Å². The number of guanidine groups is 2. The minimum Gasteiger partial charge on any atom is -0.370 e. The first-order chi connectivity index (χ1) is 24.9. The molecule has 52 heavy (non-hydrogen) atoms. The summed E-state index contributed by atoms with van der Waals surface area (Å²) >= 11 is 0. The van der Waals surface area contributed by atoms with E-state index in [4.69, 9.17) is 34.4 Å². The van der Waals surface area contributed by atoms with Crippen LogP contribution >= 0.6 is 0 Å². The number of fused-ring (bicyclic) bond motifs is 1. The Labute approximate surface area is 305 Å². The lowest BCUT2D eigenvalue weighted by Gasteiger charge is -2.27. The van der Waals surface area contributed by atoms with E-state index >= 15 is 0 Å². The maximum absolute atomic E-state index is 13.9. The summed E-state index contributed by atoms with van der Waals surface area (Å²) in [5, 5.41) is 4.90. The van der Waals surface area contributed by atoms with Crippen molar-refractivity contribution in [2.75, 3.05) is 26.2 Å². The van der Waals surface area contributed by atoms with Gasteiger partial charge in [-0.2, -0.15) is 0 Å². The van der Waals surface area contributed by atoms with Crippen molar-refractivity contribution in [1.82, 2.24) is 10.2 Å². The monoisotopic (exact) mass is 720 g/mol. The van der Waals surface area contributed by atoms with Crippen molar-refractivity contribution in [3.8, 4) is 0 Å². The van der Waals surface area contributed by atoms with Gasteiger partial charge >= 0.3 is 0 Å². The third-order valence-electron chi connectivity index (χ3n) is 9.50. The summed E-state index contributed by atoms with van der Waals surface area (Å²) in [4.78, 5) is 76.8. The van der Waals surface area contributed by atoms with E-state index in [0.717, 1.165) is 16.3 Å². The number of carbonyl (C=O) groups is 5. The molecule has 0 spiro atoms. The average molecular weight is 721 g/mol. The van der Waals surface area contributed by atoms with E-state index < -0.39 is 35.7 Å². The molecule has 3 amide bonds. The molecule has 1 fully saturated rings. The van der Waals surface area contributed by atoms with Crippen molar-refractivity contribution in [3.63, 3.8) is 0 Å². The number of likely N-dealkylation sites (tertiary alicyclic amines) is 1. The molecule has 0 unspecified atom stereocenters. The molecule has 1 aliphatic rings. The van der Waals surface area contributed by atoms with Gasteiger partial charge in [0.25, 0.3) is 0 Å². The summed E-state index contributed by atoms with van der Waals surface area (Å²) in [5.41, 5.74) is 33.9. The topological polar surface area (TPSA) is 281 Å². The van der Waals surface area contributed by atoms with Crippen LogP contribution in [-0.4, -0.2) is 84.4 Å². The molecular weight excluding hydrogens is 664 g/mol. The summed E-state index contributed by atoms with van der Waals surface area (Å²) < 4.78 is 0. The van der Waals surface area contributed by atoms with Crippen LogP contribution in [0.5, 0.6) is 0 Å². The molecule has 0 bridgehead atoms. The zero-order chi connectivity index (χ0) is 38.0. The molecule has 1 aliphatic heterocycles. The quantitative estimate of drug-likeness (QED) is 0.0480. The predicted molar refractivity (Wildman–Crippen MR) is 202 cm³/mol. The van der Waals surface area contributed by atoms with Gasteiger partial charge in [0.2, 0.25) is 17.7 Å². The van der Waals surface area contributed by atoms with Crippen molar-refractivity contribution in [2.24, 2.45) is 56.2 Å². The van der Waals surface area contributed by atoms with E-state index in [-0.39, 0.29) is 74.6 Å². The minimum absolute atomic E-state index is 0.0806. The number of unbranched alkanes of at least 4 members (excludes halogenated alkanes) is 1. The lowest BCUT2D eigenvalue weighted by atomic mass is 9.89. The van der Waals surface area contributed by atoms with Gasteiger partial charge in [-0.05, 0) is 74.2 Å². The molecular formula is C37H56N10O5. The van der Waals surface area contributed by atoms with Crippen molar-refractivity contribution >= 4 is 52.0 Å². The SMILES string of the molecule is NCCCC[C@H](CC(=O)[C@@H]1CCCN1C(=O)Cc1cccc2ccccc12)C(=O)N[C@@H](CCCN=C(N)N)C(=O)C[C@@H](CCCN=C(N)N)C(N)=O. The Balaban J connectivity index is 1.74. The number of nitrogens with zero attached hydrogens (tertiary/aromatic N) is 3. The lowest BCUT2D eigenvalue weighted by molar-refractivity contribution is -0.138. The number of amides is 3. The molecule has 0 aromatic heterocycles. The first-order valence-corrected chi connectivity index (χ1v) is 18.1. The number of hydrogen-bond acceptors (Lipinski definition) is 8. The molecule has 0 aliphatic carbocycles. The highest BCUT2D eigenvalue weighted by molar-refractivity contribution is 5.96. The van der Waals surface area contributed by atoms with E-state index in [9.17, 15) is 24.0 Å². The van der Waals surface area contributed by atoms with Crippen LogP contribution in [0, 0.1) is 11.8 Å². The van der Waals surface area contributed by atoms with E-state index in [2.05, 4.69) is 15.3 Å². The van der Waals surface area contributed by atoms with Crippen LogP contribution in [0.3, 0.4) is 0 Å². The fraction of sp³-hybridized carbons (Fsp3) is 0.541. The fourth-order valence-electron chi connectivity index (χ4n) is 6.73. The molecule has 15 heteroatoms. The second-order valence-electron chi connectivity index (χ2n) is 13.4. The molecule has 0 saturated carbocycles. The number of Topliss-reactive ketones (excluding diaryl/α,β-unsaturated/α-hetero) is 2. The zero-order valence-electron chi connectivity index (χ0n) is 30.0. The molecule has 2 aromatic carbocycles. The molecule has 1 saturated heterocycles. The summed E-state index contributed by atoms with van der Waals surface area (Å²) in [5.74, 6) is -3.54. The first kappa shape index (κ1) is 41.4. The number of carbonyl (C=O) groups excluding carboxylic acids is 5. The van der Waals surface area contributed by atoms with Gasteiger partial charge in [-0.25, -0.2) is 0 Å². The minimum atomic E-state index is -0.974. The van der Waals surface area contributed by atoms with Crippen molar-refractivity contribution in [3.05, 3.63) is 48.0 Å². The number of primary amides is 1. The van der Waals surface area contributed by atoms with E-state index in [0.29, 0.717) is 58.0 Å². The van der Waals surface area contributed by atoms with Gasteiger partial charge in [0.1, 0.15) is 0 Å². The smallest absolute Gasteiger partial charge is 0.227 e. The second kappa shape index (κ2) is 21.3. The molecule has 1 heterocycles. The number of hydrogen-bond donors (Lipinski definition) is 7. The van der Waals surface area contributed by atoms with Crippen LogP contribution in [0.15, 0.2) is 52.4 Å². The van der Waals surface area contributed by atoms with Crippen LogP contribution in [0.25, 0.3) is 10.8 Å². The zero-order valence-corrected chi connectivity index (χ0v) is 30.0. The van der Waals surface area contributed by atoms with E-state index in [1.165, 1.54) is 0 Å². The molecule has 2 aromatic rings. The first-order valence-electron chi connectivity index (χ1n) is 18.1. The third-order valence-corrected chi connectivity index (χ3v) is 9.50. The number of nitrogens with one attached hydrogen (secondary N) is 1. The Hall–Kier alpha value is -5.05. The van der Waals surface area contributed by atoms with Gasteiger partial charge in [-0.15, -0.1) is 0 Å². The Morgan fingerprint density at radius 2 is 1.44 bits per heavy atom. The summed E-state index contributed by atoms with van der Waals surface area (Å²) in [6, 6.07) is 12.1. The van der Waals surface area contributed by atoms with Crippen molar-refractivity contribution < 1.29 is 24.0 Å². The standard InChI is InChI=1S/C37H56N10O5/c38-17-4-3-10-27(22-32(49)30-16-8-20-47(30)33(50)23-25-12-5-11-24-9-1-2-14-28(24)25)35(52)46-29(15-7-19-45-37(42)43)31(48)21-26(34(39)51)13-6-18-44-36(40)41/h1-2,5,9,11-12,14,26-27,29-30H,3-4,6-8,10,13,15-23,38H2,(H2,39,51)(H,46,52)(H4,40,41,44)(H4,42,43,45)/t26-,27-,29+,30+/m1/s1. The number of rotatable bonds is 23. The maximum atomic E-state index is 13.9. The highest BCUT2D eigenvalue weighted by Crippen LogP contribution is 2.26. The third kappa shape index (κ3) is 13.2. The van der Waals surface area contributed by atoms with Crippen LogP contribution in [0.1, 0.15) is 76.2 Å². The fourth-order valence-corrected chi connectivity index (χ4v) is 6.73. The Morgan fingerprint density at radius 1 is 0.788 bits per heavy atom. The molecule has 0 radical (unpaired) electrons. The second-order valence-corrected chi connectivity index (χ2v) is 13.4. The predicted octanol–water partition coefficient (Wildman–Crippen LogP) is 0.730. The molecule has 284 valence electrons. The molecule has 3 rings (SSSR count). The summed E-state index contributed by atoms with van der Waals surface area (Å²) in [6.45, 7) is 1.38. The van der Waals surface area contributed by atoms with E-state index in [1.807, 2.05) is 42.5 Å². The molecule has 13 N–H and O–H groups in total. The molecule has 15 nitrogen and oxygen atoms in total. The van der Waals surface area contributed by atoms with Crippen LogP contribution in [0.2, 0.25) is 0 Å². The van der Waals surface area contributed by atoms with Gasteiger partial charge in [0.15, 0.2) is 23.5 Å². The summed E-state index contributed by atoms with van der Waals surface area (Å²) in [7, 11) is 0. The van der Waals surface area contributed by atoms with Gasteiger partial charge < -0.3 is 44.6 Å². The maximum Gasteiger partial charge on any atom is 0.227 e. The Bertz CT molecular complexity index is 1580. The Morgan fingerprint density at radius 3 is 2.12 bits per heavy atom. The molecule has 4 atom stereocenters.